The fourth-order valence-electron chi connectivity index (χ4n) is 4.39. The van der Waals surface area contributed by atoms with Crippen molar-refractivity contribution in [2.45, 2.75) is 37.4 Å². The molecule has 33 heavy (non-hydrogen) atoms. The van der Waals surface area contributed by atoms with E-state index in [9.17, 15) is 0 Å². The van der Waals surface area contributed by atoms with E-state index in [1.165, 1.54) is 11.1 Å². The quantitative estimate of drug-likeness (QED) is 0.449. The first-order chi connectivity index (χ1) is 16.1. The number of hydrogen-bond donors (Lipinski definition) is 1. The van der Waals surface area contributed by atoms with Crippen LogP contribution in [0.1, 0.15) is 47.4 Å². The third-order valence-electron chi connectivity index (χ3n) is 6.03. The highest BCUT2D eigenvalue weighted by atomic mass is 16.4. The summed E-state index contributed by atoms with van der Waals surface area (Å²) >= 11 is 0. The summed E-state index contributed by atoms with van der Waals surface area (Å²) in [5.41, 5.74) is 9.35. The molecule has 4 aromatic rings. The van der Waals surface area contributed by atoms with Crippen LogP contribution in [-0.4, -0.2) is 21.4 Å². The fraction of sp³-hybridized carbons (Fsp3) is 0.222. The summed E-state index contributed by atoms with van der Waals surface area (Å²) in [6, 6.07) is 31.0. The summed E-state index contributed by atoms with van der Waals surface area (Å²) in [6.07, 6.45) is 2.62. The van der Waals surface area contributed by atoms with Gasteiger partial charge in [-0.05, 0) is 30.0 Å². The first-order valence-corrected chi connectivity index (χ1v) is 11.2. The lowest BCUT2D eigenvalue weighted by atomic mass is 9.88. The molecule has 5 rings (SSSR count). The minimum atomic E-state index is -0.758. The van der Waals surface area contributed by atoms with Crippen LogP contribution < -0.4 is 5.73 Å². The van der Waals surface area contributed by atoms with Crippen LogP contribution in [0, 0.1) is 0 Å². The molecule has 0 saturated carbocycles. The van der Waals surface area contributed by atoms with Crippen molar-refractivity contribution in [2.75, 3.05) is 0 Å². The molecular formula is C27H27N5O. The monoisotopic (exact) mass is 437 g/mol. The van der Waals surface area contributed by atoms with E-state index in [1.807, 2.05) is 48.5 Å². The first-order valence-electron chi connectivity index (χ1n) is 11.2. The summed E-state index contributed by atoms with van der Waals surface area (Å²) in [5, 5.41) is 15.3. The van der Waals surface area contributed by atoms with Crippen LogP contribution >= 0.6 is 0 Å². The number of hydrogen-bond acceptors (Lipinski definition) is 6. The molecule has 0 radical (unpaired) electrons. The van der Waals surface area contributed by atoms with E-state index in [-0.39, 0.29) is 12.0 Å². The topological polar surface area (TPSA) is 80.5 Å². The van der Waals surface area contributed by atoms with Gasteiger partial charge in [-0.3, -0.25) is 5.01 Å². The van der Waals surface area contributed by atoms with Gasteiger partial charge in [-0.15, -0.1) is 10.2 Å². The van der Waals surface area contributed by atoms with Crippen molar-refractivity contribution >= 4 is 6.21 Å². The van der Waals surface area contributed by atoms with Crippen LogP contribution in [0.25, 0.3) is 0 Å². The zero-order valence-electron chi connectivity index (χ0n) is 18.6. The summed E-state index contributed by atoms with van der Waals surface area (Å²) in [6.45, 7) is 2.33. The van der Waals surface area contributed by atoms with Crippen LogP contribution in [0.5, 0.6) is 0 Å². The number of rotatable bonds is 7. The van der Waals surface area contributed by atoms with Gasteiger partial charge < -0.3 is 10.2 Å². The maximum absolute atomic E-state index is 6.57. The van der Waals surface area contributed by atoms with Gasteiger partial charge in [0.2, 0.25) is 11.8 Å². The maximum Gasteiger partial charge on any atom is 0.237 e. The number of benzene rings is 3. The number of nitrogens with two attached hydrogens (primary N) is 1. The van der Waals surface area contributed by atoms with Crippen molar-refractivity contribution in [3.63, 3.8) is 0 Å². The fourth-order valence-corrected chi connectivity index (χ4v) is 4.39. The van der Waals surface area contributed by atoms with Crippen molar-refractivity contribution < 1.29 is 4.42 Å². The van der Waals surface area contributed by atoms with Crippen molar-refractivity contribution in [2.24, 2.45) is 10.8 Å². The van der Waals surface area contributed by atoms with Gasteiger partial charge in [0.25, 0.3) is 0 Å². The zero-order valence-corrected chi connectivity index (χ0v) is 18.6. The normalized spacial score (nSPS) is 19.5. The van der Waals surface area contributed by atoms with Crippen LogP contribution in [0.2, 0.25) is 0 Å². The predicted octanol–water partition coefficient (Wildman–Crippen LogP) is 4.81. The molecule has 0 aliphatic carbocycles. The minimum absolute atomic E-state index is 0.0394. The molecule has 0 saturated heterocycles. The van der Waals surface area contributed by atoms with Crippen molar-refractivity contribution in [3.05, 3.63) is 119 Å². The minimum Gasteiger partial charge on any atom is -0.421 e. The third-order valence-corrected chi connectivity index (χ3v) is 6.03. The second-order valence-corrected chi connectivity index (χ2v) is 8.73. The highest BCUT2D eigenvalue weighted by molar-refractivity contribution is 5.71. The predicted molar refractivity (Wildman–Crippen MR) is 128 cm³/mol. The SMILES string of the molecule is C[C@@](N)(Cc1ccccc1)c1nnc(CN2N=CC(c3ccccc3)C2c2ccccc2)o1. The molecule has 6 heteroatoms. The molecule has 1 aromatic heterocycles. The molecule has 0 bridgehead atoms. The molecule has 0 spiro atoms. The van der Waals surface area contributed by atoms with E-state index < -0.39 is 5.54 Å². The molecule has 2 unspecified atom stereocenters. The van der Waals surface area contributed by atoms with Gasteiger partial charge in [-0.25, -0.2) is 0 Å². The second-order valence-electron chi connectivity index (χ2n) is 8.73. The maximum atomic E-state index is 6.57. The summed E-state index contributed by atoms with van der Waals surface area (Å²) < 4.78 is 6.04. The molecule has 6 nitrogen and oxygen atoms in total. The Labute approximate surface area is 193 Å². The van der Waals surface area contributed by atoms with Gasteiger partial charge >= 0.3 is 0 Å². The third kappa shape index (κ3) is 4.56. The van der Waals surface area contributed by atoms with Crippen LogP contribution in [0.3, 0.4) is 0 Å². The largest absolute Gasteiger partial charge is 0.421 e. The van der Waals surface area contributed by atoms with Gasteiger partial charge in [0, 0.05) is 12.1 Å². The van der Waals surface area contributed by atoms with Crippen molar-refractivity contribution in [1.29, 1.82) is 0 Å². The van der Waals surface area contributed by atoms with Crippen LogP contribution in [0.15, 0.2) is 101 Å². The molecule has 3 aromatic carbocycles. The summed E-state index contributed by atoms with van der Waals surface area (Å²) in [7, 11) is 0. The summed E-state index contributed by atoms with van der Waals surface area (Å²) in [5.74, 6) is 1.07. The molecule has 1 aliphatic rings. The number of hydrazone groups is 1. The van der Waals surface area contributed by atoms with E-state index in [1.54, 1.807) is 0 Å². The Balaban J connectivity index is 1.37. The molecule has 3 atom stereocenters. The molecule has 2 heterocycles. The Hall–Kier alpha value is -3.77. The molecule has 1 aliphatic heterocycles. The van der Waals surface area contributed by atoms with Gasteiger partial charge in [-0.2, -0.15) is 5.10 Å². The average molecular weight is 438 g/mol. The lowest BCUT2D eigenvalue weighted by molar-refractivity contribution is 0.187. The second kappa shape index (κ2) is 9.00. The molecule has 166 valence electrons. The summed E-state index contributed by atoms with van der Waals surface area (Å²) in [4.78, 5) is 0. The van der Waals surface area contributed by atoms with Gasteiger partial charge in [0.1, 0.15) is 6.54 Å². The molecule has 0 fully saturated rings. The Bertz CT molecular complexity index is 1210. The standard InChI is InChI=1S/C27H27N5O/c1-27(28,17-20-11-5-2-6-12-20)26-31-30-24(33-26)19-32-25(22-15-9-4-10-16-22)23(18-29-32)21-13-7-3-8-14-21/h2-16,18,23,25H,17,19,28H2,1H3/t23?,25?,27-/m1/s1. The Morgan fingerprint density at radius 3 is 2.12 bits per heavy atom. The number of aromatic nitrogens is 2. The van der Waals surface area contributed by atoms with Gasteiger partial charge in [0.05, 0.1) is 11.6 Å². The van der Waals surface area contributed by atoms with E-state index >= 15 is 0 Å². The highest BCUT2D eigenvalue weighted by Gasteiger charge is 2.35. The lowest BCUT2D eigenvalue weighted by Crippen LogP contribution is -2.36. The van der Waals surface area contributed by atoms with E-state index in [0.717, 1.165) is 5.56 Å². The van der Waals surface area contributed by atoms with E-state index in [0.29, 0.717) is 24.7 Å². The van der Waals surface area contributed by atoms with E-state index in [2.05, 4.69) is 70.9 Å². The van der Waals surface area contributed by atoms with Crippen molar-refractivity contribution in [1.82, 2.24) is 15.2 Å². The Kier molecular flexibility index (Phi) is 5.75. The van der Waals surface area contributed by atoms with Gasteiger partial charge in [-0.1, -0.05) is 91.0 Å². The first kappa shape index (κ1) is 21.1. The van der Waals surface area contributed by atoms with Crippen LogP contribution in [-0.2, 0) is 18.5 Å². The number of nitrogens with zero attached hydrogens (tertiary/aromatic N) is 4. The molecule has 0 amide bonds. The Morgan fingerprint density at radius 1 is 0.848 bits per heavy atom. The van der Waals surface area contributed by atoms with E-state index in [4.69, 9.17) is 15.3 Å². The van der Waals surface area contributed by atoms with Gasteiger partial charge in [0.15, 0.2) is 0 Å². The lowest BCUT2D eigenvalue weighted by Gasteiger charge is -2.27. The average Bonchev–Trinajstić information content (AvgIpc) is 3.49. The molecular weight excluding hydrogens is 410 g/mol. The van der Waals surface area contributed by atoms with Crippen molar-refractivity contribution in [3.8, 4) is 0 Å². The smallest absolute Gasteiger partial charge is 0.237 e. The highest BCUT2D eigenvalue weighted by Crippen LogP contribution is 2.40. The zero-order chi connectivity index (χ0) is 22.7. The Morgan fingerprint density at radius 2 is 1.45 bits per heavy atom. The van der Waals surface area contributed by atoms with Crippen LogP contribution in [0.4, 0.5) is 0 Å². The molecule has 2 N–H and O–H groups in total.